The van der Waals surface area contributed by atoms with Crippen LogP contribution < -0.4 is 0 Å². The van der Waals surface area contributed by atoms with Crippen molar-refractivity contribution in [3.05, 3.63) is 10.4 Å². The minimum absolute atomic E-state index is 0.566. The normalized spacial score (nSPS) is 40.7. The fourth-order valence-electron chi connectivity index (χ4n) is 1.26. The van der Waals surface area contributed by atoms with Gasteiger partial charge in [-0.15, -0.1) is 0 Å². The molecular weight excluding hydrogens is 210 g/mol. The summed E-state index contributed by atoms with van der Waals surface area (Å²) in [6.45, 7) is -0.566. The molecule has 0 bridgehead atoms. The Morgan fingerprint density at radius 2 is 2.00 bits per heavy atom. The van der Waals surface area contributed by atoms with Gasteiger partial charge in [-0.25, -0.2) is 0 Å². The molecule has 1 aliphatic rings. The highest BCUT2D eigenvalue weighted by molar-refractivity contribution is 4.88. The maximum atomic E-state index is 9.43. The van der Waals surface area contributed by atoms with Gasteiger partial charge < -0.3 is 30.0 Å². The second-order valence-electron chi connectivity index (χ2n) is 2.97. The monoisotopic (exact) mass is 221 g/mol. The lowest BCUT2D eigenvalue weighted by Crippen LogP contribution is -2.58. The molecule has 0 amide bonds. The smallest absolute Gasteiger partial charge is 0.196 e. The van der Waals surface area contributed by atoms with Crippen LogP contribution in [0.1, 0.15) is 0 Å². The van der Waals surface area contributed by atoms with Gasteiger partial charge >= 0.3 is 0 Å². The van der Waals surface area contributed by atoms with Crippen LogP contribution in [0.25, 0.3) is 10.4 Å². The number of hydrogen-bond acceptors (Lipinski definition) is 7. The van der Waals surface area contributed by atoms with Crippen LogP contribution in [-0.4, -0.2) is 57.7 Å². The summed E-state index contributed by atoms with van der Waals surface area (Å²) in [4.78, 5) is 6.62. The van der Waals surface area contributed by atoms with Crippen molar-refractivity contribution in [2.75, 3.05) is 6.61 Å². The molecular formula is C6H11N3O6. The molecule has 1 fully saturated rings. The van der Waals surface area contributed by atoms with Crippen LogP contribution in [0.4, 0.5) is 0 Å². The van der Waals surface area contributed by atoms with Crippen molar-refractivity contribution in [1.29, 1.82) is 0 Å². The lowest BCUT2D eigenvalue weighted by Gasteiger charge is -2.38. The Morgan fingerprint density at radius 3 is 2.53 bits per heavy atom. The van der Waals surface area contributed by atoms with Gasteiger partial charge in [-0.3, -0.25) is 0 Å². The van der Waals surface area contributed by atoms with Crippen molar-refractivity contribution in [3.63, 3.8) is 0 Å². The molecule has 0 saturated carbocycles. The van der Waals surface area contributed by atoms with Gasteiger partial charge in [0.1, 0.15) is 23.6 Å². The van der Waals surface area contributed by atoms with Crippen LogP contribution in [0, 0.1) is 0 Å². The lowest BCUT2D eigenvalue weighted by atomic mass is 9.99. The van der Waals surface area contributed by atoms with E-state index in [-0.39, 0.29) is 0 Å². The fraction of sp³-hybridized carbons (Fsp3) is 1.00. The van der Waals surface area contributed by atoms with Gasteiger partial charge in [-0.2, -0.15) is 0 Å². The molecule has 5 atom stereocenters. The topological polar surface area (TPSA) is 148 Å². The van der Waals surface area contributed by atoms with Crippen molar-refractivity contribution in [1.82, 2.24) is 0 Å². The van der Waals surface area contributed by atoms with Crippen LogP contribution >= 0.6 is 0 Å². The molecule has 0 aromatic heterocycles. The van der Waals surface area contributed by atoms with Crippen LogP contribution in [0.15, 0.2) is 5.28 Å². The van der Waals surface area contributed by atoms with Gasteiger partial charge in [0.15, 0.2) is 12.4 Å². The second-order valence-corrected chi connectivity index (χ2v) is 2.97. The van der Waals surface area contributed by atoms with E-state index in [1.54, 1.807) is 0 Å². The Hall–Kier alpha value is -1.09. The third kappa shape index (κ3) is 2.48. The first-order valence-corrected chi connectivity index (χ1v) is 4.12. The molecule has 1 heterocycles. The molecule has 0 radical (unpaired) electrons. The van der Waals surface area contributed by atoms with E-state index in [0.29, 0.717) is 0 Å². The lowest BCUT2D eigenvalue weighted by molar-refractivity contribution is -0.297. The van der Waals surface area contributed by atoms with Crippen LogP contribution in [0.2, 0.25) is 0 Å². The Morgan fingerprint density at radius 1 is 1.33 bits per heavy atom. The summed E-state index contributed by atoms with van der Waals surface area (Å²) in [7, 11) is 0. The molecule has 1 saturated heterocycles. The van der Waals surface area contributed by atoms with E-state index >= 15 is 0 Å². The quantitative estimate of drug-likeness (QED) is 0.188. The van der Waals surface area contributed by atoms with Crippen molar-refractivity contribution < 1.29 is 30.0 Å². The van der Waals surface area contributed by atoms with E-state index in [1.807, 2.05) is 0 Å². The van der Waals surface area contributed by atoms with E-state index in [0.717, 1.165) is 0 Å². The zero-order valence-corrected chi connectivity index (χ0v) is 7.54. The van der Waals surface area contributed by atoms with Gasteiger partial charge in [0.2, 0.25) is 0 Å². The Labute approximate surface area is 84.0 Å². The molecule has 15 heavy (non-hydrogen) atoms. The third-order valence-corrected chi connectivity index (χ3v) is 2.05. The highest BCUT2D eigenvalue weighted by Crippen LogP contribution is 2.22. The molecule has 0 aromatic carbocycles. The van der Waals surface area contributed by atoms with Gasteiger partial charge in [0, 0.05) is 4.91 Å². The minimum Gasteiger partial charge on any atom is -0.422 e. The van der Waals surface area contributed by atoms with Gasteiger partial charge in [-0.05, 0) is 5.53 Å². The zero-order valence-electron chi connectivity index (χ0n) is 7.54. The Balaban J connectivity index is 2.69. The highest BCUT2D eigenvalue weighted by atomic mass is 16.7. The summed E-state index contributed by atoms with van der Waals surface area (Å²) in [6, 6.07) is 0. The molecule has 9 heteroatoms. The van der Waals surface area contributed by atoms with Gasteiger partial charge in [0.05, 0.1) is 6.61 Å². The largest absolute Gasteiger partial charge is 0.422 e. The van der Waals surface area contributed by atoms with Crippen LogP contribution in [0.5, 0.6) is 0 Å². The molecule has 0 aromatic rings. The summed E-state index contributed by atoms with van der Waals surface area (Å²) in [5.74, 6) is 0. The predicted octanol–water partition coefficient (Wildman–Crippen LogP) is -1.97. The average Bonchev–Trinajstić information content (AvgIpc) is 2.23. The summed E-state index contributed by atoms with van der Waals surface area (Å²) in [5.41, 5.74) is 7.96. The van der Waals surface area contributed by atoms with Gasteiger partial charge in [-0.1, -0.05) is 0 Å². The van der Waals surface area contributed by atoms with E-state index in [4.69, 9.17) is 15.4 Å². The van der Waals surface area contributed by atoms with Crippen molar-refractivity contribution in [2.45, 2.75) is 30.7 Å². The standard InChI is InChI=1S/C6H11N3O6/c7-8-9-15-5-4(12)3(11)2(1-10)14-6(5)13/h2-6,10-13H,1H2/t2-,3-,4+,5+,6?/m1/s1. The molecule has 4 N–H and O–H groups in total. The van der Waals surface area contributed by atoms with Crippen LogP contribution in [-0.2, 0) is 9.57 Å². The SMILES string of the molecule is [N-]=[N+]=NO[C@@H]1C(O)O[C@H](CO)[C@@H](O)[C@@H]1O. The first kappa shape index (κ1) is 12.0. The number of azide groups is 1. The summed E-state index contributed by atoms with van der Waals surface area (Å²) in [5, 5.41) is 39.5. The summed E-state index contributed by atoms with van der Waals surface area (Å²) < 4.78 is 4.72. The second kappa shape index (κ2) is 5.12. The maximum Gasteiger partial charge on any atom is 0.196 e. The maximum absolute atomic E-state index is 9.43. The number of aliphatic hydroxyl groups is 4. The molecule has 86 valence electrons. The van der Waals surface area contributed by atoms with Crippen molar-refractivity contribution >= 4 is 0 Å². The predicted molar refractivity (Wildman–Crippen MR) is 44.0 cm³/mol. The number of nitrogens with zero attached hydrogens (tertiary/aromatic N) is 3. The minimum atomic E-state index is -1.59. The zero-order chi connectivity index (χ0) is 11.4. The molecule has 9 nitrogen and oxygen atoms in total. The highest BCUT2D eigenvalue weighted by Gasteiger charge is 2.45. The number of rotatable bonds is 3. The third-order valence-electron chi connectivity index (χ3n) is 2.05. The van der Waals surface area contributed by atoms with Crippen LogP contribution in [0.3, 0.4) is 0 Å². The Bertz CT molecular complexity index is 257. The van der Waals surface area contributed by atoms with E-state index in [1.165, 1.54) is 0 Å². The van der Waals surface area contributed by atoms with E-state index in [9.17, 15) is 15.3 Å². The van der Waals surface area contributed by atoms with Gasteiger partial charge in [0.25, 0.3) is 0 Å². The Kier molecular flexibility index (Phi) is 4.09. The summed E-state index contributed by atoms with van der Waals surface area (Å²) in [6.07, 6.45) is -7.04. The average molecular weight is 221 g/mol. The van der Waals surface area contributed by atoms with Crippen molar-refractivity contribution in [3.8, 4) is 0 Å². The first-order valence-electron chi connectivity index (χ1n) is 4.12. The molecule has 1 rings (SSSR count). The number of aliphatic hydroxyl groups excluding tert-OH is 4. The van der Waals surface area contributed by atoms with E-state index in [2.05, 4.69) is 15.0 Å². The number of ether oxygens (including phenoxy) is 1. The molecule has 1 unspecified atom stereocenters. The van der Waals surface area contributed by atoms with Crippen molar-refractivity contribution in [2.24, 2.45) is 5.28 Å². The molecule has 0 spiro atoms. The van der Waals surface area contributed by atoms with E-state index < -0.39 is 37.3 Å². The summed E-state index contributed by atoms with van der Waals surface area (Å²) >= 11 is 0. The first-order chi connectivity index (χ1) is 7.11. The number of hydrogen-bond donors (Lipinski definition) is 4. The fourth-order valence-corrected chi connectivity index (χ4v) is 1.26. The molecule has 0 aliphatic carbocycles. The molecule has 1 aliphatic heterocycles.